The van der Waals surface area contributed by atoms with E-state index in [1.54, 1.807) is 12.1 Å². The third-order valence-corrected chi connectivity index (χ3v) is 4.73. The van der Waals surface area contributed by atoms with Crippen molar-refractivity contribution in [2.75, 3.05) is 0 Å². The highest BCUT2D eigenvalue weighted by Crippen LogP contribution is 2.43. The van der Waals surface area contributed by atoms with Gasteiger partial charge in [0.25, 0.3) is 0 Å². The van der Waals surface area contributed by atoms with E-state index in [0.717, 1.165) is 19.3 Å². The van der Waals surface area contributed by atoms with Gasteiger partial charge in [0.15, 0.2) is 0 Å². The van der Waals surface area contributed by atoms with E-state index in [1.807, 2.05) is 0 Å². The molecule has 1 saturated carbocycles. The Bertz CT molecular complexity index is 444. The van der Waals surface area contributed by atoms with Crippen molar-refractivity contribution in [1.82, 2.24) is 0 Å². The van der Waals surface area contributed by atoms with Crippen LogP contribution in [-0.4, -0.2) is 11.2 Å². The van der Waals surface area contributed by atoms with Crippen molar-refractivity contribution in [3.05, 3.63) is 34.6 Å². The van der Waals surface area contributed by atoms with E-state index in [9.17, 15) is 9.50 Å². The number of aliphatic hydroxyl groups excluding tert-OH is 1. The summed E-state index contributed by atoms with van der Waals surface area (Å²) in [5, 5.41) is 10.9. The molecular formula is C16H22ClFO. The standard InChI is InChI=1S/C16H22ClFO/c1-16(2)8-4-3-5-13(16)15(19)9-11-6-7-12(17)10-14(11)18/h6-7,10,13,15,19H,3-5,8-9H2,1-2H3. The van der Waals surface area contributed by atoms with Crippen LogP contribution in [-0.2, 0) is 6.42 Å². The van der Waals surface area contributed by atoms with Crippen molar-refractivity contribution < 1.29 is 9.50 Å². The highest BCUT2D eigenvalue weighted by Gasteiger charge is 2.36. The van der Waals surface area contributed by atoms with Gasteiger partial charge < -0.3 is 5.11 Å². The average Bonchev–Trinajstić information content (AvgIpc) is 2.32. The molecule has 0 aromatic heterocycles. The van der Waals surface area contributed by atoms with Crippen molar-refractivity contribution in [2.24, 2.45) is 11.3 Å². The maximum absolute atomic E-state index is 13.8. The molecule has 1 aliphatic carbocycles. The monoisotopic (exact) mass is 284 g/mol. The largest absolute Gasteiger partial charge is 0.392 e. The molecule has 19 heavy (non-hydrogen) atoms. The van der Waals surface area contributed by atoms with E-state index >= 15 is 0 Å². The Labute approximate surface area is 119 Å². The van der Waals surface area contributed by atoms with Gasteiger partial charge in [-0.2, -0.15) is 0 Å². The summed E-state index contributed by atoms with van der Waals surface area (Å²) >= 11 is 5.74. The second-order valence-corrected chi connectivity index (χ2v) is 6.78. The predicted octanol–water partition coefficient (Wildman–Crippen LogP) is 4.60. The smallest absolute Gasteiger partial charge is 0.127 e. The van der Waals surface area contributed by atoms with Gasteiger partial charge in [-0.15, -0.1) is 0 Å². The van der Waals surface area contributed by atoms with Crippen LogP contribution in [0.4, 0.5) is 4.39 Å². The maximum Gasteiger partial charge on any atom is 0.127 e. The summed E-state index contributed by atoms with van der Waals surface area (Å²) in [5.74, 6) is -0.0727. The zero-order valence-electron chi connectivity index (χ0n) is 11.6. The number of halogens is 2. The molecule has 0 spiro atoms. The van der Waals surface area contributed by atoms with Crippen LogP contribution in [0, 0.1) is 17.2 Å². The molecule has 2 rings (SSSR count). The quantitative estimate of drug-likeness (QED) is 0.860. The maximum atomic E-state index is 13.8. The van der Waals surface area contributed by atoms with Crippen LogP contribution in [0.2, 0.25) is 5.02 Å². The summed E-state index contributed by atoms with van der Waals surface area (Å²) in [6.07, 6.45) is 4.45. The summed E-state index contributed by atoms with van der Waals surface area (Å²) in [6.45, 7) is 4.41. The molecular weight excluding hydrogens is 263 g/mol. The predicted molar refractivity (Wildman–Crippen MR) is 76.9 cm³/mol. The van der Waals surface area contributed by atoms with E-state index in [4.69, 9.17) is 11.6 Å². The third-order valence-electron chi connectivity index (χ3n) is 4.50. The van der Waals surface area contributed by atoms with Gasteiger partial charge in [-0.25, -0.2) is 4.39 Å². The lowest BCUT2D eigenvalue weighted by molar-refractivity contribution is 0.00539. The Morgan fingerprint density at radius 1 is 1.42 bits per heavy atom. The minimum atomic E-state index is -0.481. The molecule has 0 amide bonds. The van der Waals surface area contributed by atoms with Gasteiger partial charge in [0.1, 0.15) is 5.82 Å². The first-order valence-corrected chi connectivity index (χ1v) is 7.40. The molecule has 1 aromatic carbocycles. The third kappa shape index (κ3) is 3.49. The van der Waals surface area contributed by atoms with Crippen LogP contribution in [0.3, 0.4) is 0 Å². The van der Waals surface area contributed by atoms with E-state index in [2.05, 4.69) is 13.8 Å². The van der Waals surface area contributed by atoms with Crippen molar-refractivity contribution in [3.63, 3.8) is 0 Å². The van der Waals surface area contributed by atoms with E-state index in [1.165, 1.54) is 12.5 Å². The van der Waals surface area contributed by atoms with Gasteiger partial charge in [-0.1, -0.05) is 44.4 Å². The van der Waals surface area contributed by atoms with Crippen LogP contribution in [0.1, 0.15) is 45.1 Å². The van der Waals surface area contributed by atoms with Gasteiger partial charge in [0.2, 0.25) is 0 Å². The first-order valence-electron chi connectivity index (χ1n) is 7.02. The molecule has 0 saturated heterocycles. The van der Waals surface area contributed by atoms with Crippen LogP contribution in [0.15, 0.2) is 18.2 Å². The zero-order valence-corrected chi connectivity index (χ0v) is 12.4. The molecule has 1 nitrogen and oxygen atoms in total. The SMILES string of the molecule is CC1(C)CCCCC1C(O)Cc1ccc(Cl)cc1F. The van der Waals surface area contributed by atoms with Crippen LogP contribution in [0.25, 0.3) is 0 Å². The van der Waals surface area contributed by atoms with Gasteiger partial charge in [0.05, 0.1) is 6.10 Å². The fourth-order valence-electron chi connectivity index (χ4n) is 3.29. The van der Waals surface area contributed by atoms with Gasteiger partial charge in [-0.05, 0) is 41.9 Å². The Balaban J connectivity index is 2.09. The fraction of sp³-hybridized carbons (Fsp3) is 0.625. The molecule has 1 aliphatic rings. The molecule has 3 heteroatoms. The first kappa shape index (κ1) is 14.8. The first-order chi connectivity index (χ1) is 8.90. The molecule has 0 bridgehead atoms. The van der Waals surface area contributed by atoms with E-state index in [-0.39, 0.29) is 17.2 Å². The number of benzene rings is 1. The summed E-state index contributed by atoms with van der Waals surface area (Å²) in [6, 6.07) is 4.67. The van der Waals surface area contributed by atoms with Crippen molar-refractivity contribution in [3.8, 4) is 0 Å². The molecule has 0 radical (unpaired) electrons. The summed E-state index contributed by atoms with van der Waals surface area (Å²) in [7, 11) is 0. The lowest BCUT2D eigenvalue weighted by Gasteiger charge is -2.41. The molecule has 0 aliphatic heterocycles. The fourth-order valence-corrected chi connectivity index (χ4v) is 3.45. The van der Waals surface area contributed by atoms with Gasteiger partial charge in [0, 0.05) is 11.4 Å². The van der Waals surface area contributed by atoms with E-state index < -0.39 is 6.10 Å². The Hall–Kier alpha value is -0.600. The van der Waals surface area contributed by atoms with Gasteiger partial charge >= 0.3 is 0 Å². The van der Waals surface area contributed by atoms with Crippen LogP contribution in [0.5, 0.6) is 0 Å². The molecule has 106 valence electrons. The normalized spacial score (nSPS) is 24.2. The highest BCUT2D eigenvalue weighted by atomic mass is 35.5. The lowest BCUT2D eigenvalue weighted by Crippen LogP contribution is -2.38. The number of rotatable bonds is 3. The zero-order chi connectivity index (χ0) is 14.0. The van der Waals surface area contributed by atoms with Crippen LogP contribution >= 0.6 is 11.6 Å². The van der Waals surface area contributed by atoms with Gasteiger partial charge in [-0.3, -0.25) is 0 Å². The molecule has 1 N–H and O–H groups in total. The second kappa shape index (κ2) is 5.80. The average molecular weight is 285 g/mol. The minimum Gasteiger partial charge on any atom is -0.392 e. The molecule has 1 fully saturated rings. The Morgan fingerprint density at radius 3 is 2.79 bits per heavy atom. The second-order valence-electron chi connectivity index (χ2n) is 6.35. The van der Waals surface area contributed by atoms with E-state index in [0.29, 0.717) is 17.0 Å². The van der Waals surface area contributed by atoms with Crippen molar-refractivity contribution in [2.45, 2.75) is 52.1 Å². The lowest BCUT2D eigenvalue weighted by atomic mass is 9.66. The highest BCUT2D eigenvalue weighted by molar-refractivity contribution is 6.30. The molecule has 2 atom stereocenters. The number of hydrogen-bond donors (Lipinski definition) is 1. The van der Waals surface area contributed by atoms with Crippen molar-refractivity contribution >= 4 is 11.6 Å². The summed E-state index contributed by atoms with van der Waals surface area (Å²) < 4.78 is 13.8. The number of aliphatic hydroxyl groups is 1. The topological polar surface area (TPSA) is 20.2 Å². The Kier molecular flexibility index (Phi) is 4.52. The Morgan fingerprint density at radius 2 is 2.16 bits per heavy atom. The van der Waals surface area contributed by atoms with Crippen LogP contribution < -0.4 is 0 Å². The summed E-state index contributed by atoms with van der Waals surface area (Å²) in [5.41, 5.74) is 0.693. The number of hydrogen-bond acceptors (Lipinski definition) is 1. The van der Waals surface area contributed by atoms with Crippen molar-refractivity contribution in [1.29, 1.82) is 0 Å². The molecule has 1 aromatic rings. The molecule has 0 heterocycles. The minimum absolute atomic E-state index is 0.139. The molecule has 2 unspecified atom stereocenters. The summed E-state index contributed by atoms with van der Waals surface area (Å²) in [4.78, 5) is 0.